The second-order valence-corrected chi connectivity index (χ2v) is 6.96. The highest BCUT2D eigenvalue weighted by atomic mass is 16.5. The van der Waals surface area contributed by atoms with Crippen molar-refractivity contribution in [1.29, 1.82) is 0 Å². The van der Waals surface area contributed by atoms with Crippen molar-refractivity contribution in [3.05, 3.63) is 23.3 Å². The van der Waals surface area contributed by atoms with Gasteiger partial charge in [-0.15, -0.1) is 0 Å². The van der Waals surface area contributed by atoms with Gasteiger partial charge in [0.15, 0.2) is 0 Å². The van der Waals surface area contributed by atoms with Crippen molar-refractivity contribution in [2.45, 2.75) is 79.1 Å². The average molecular weight is 334 g/mol. The number of aliphatic imine (C=N–C) groups is 1. The van der Waals surface area contributed by atoms with Crippen LogP contribution >= 0.6 is 0 Å². The van der Waals surface area contributed by atoms with Crippen molar-refractivity contribution < 1.29 is 9.53 Å². The van der Waals surface area contributed by atoms with Gasteiger partial charge in [0.25, 0.3) is 0 Å². The van der Waals surface area contributed by atoms with E-state index in [-0.39, 0.29) is 11.9 Å². The lowest BCUT2D eigenvalue weighted by Gasteiger charge is -2.20. The van der Waals surface area contributed by atoms with Gasteiger partial charge >= 0.3 is 5.97 Å². The molecule has 24 heavy (non-hydrogen) atoms. The summed E-state index contributed by atoms with van der Waals surface area (Å²) in [5.41, 5.74) is 3.80. The average Bonchev–Trinajstić information content (AvgIpc) is 2.49. The summed E-state index contributed by atoms with van der Waals surface area (Å²) in [6.45, 7) is 9.44. The summed E-state index contributed by atoms with van der Waals surface area (Å²) in [5, 5.41) is 0. The molecule has 0 heterocycles. The number of hydrogen-bond acceptors (Lipinski definition) is 3. The molecule has 0 saturated heterocycles. The Kier molecular flexibility index (Phi) is 10.4. The van der Waals surface area contributed by atoms with Crippen LogP contribution in [0.4, 0.5) is 0 Å². The second-order valence-electron chi connectivity index (χ2n) is 6.96. The van der Waals surface area contributed by atoms with Crippen LogP contribution in [0.15, 0.2) is 28.3 Å². The monoisotopic (exact) mass is 333 g/mol. The second kappa shape index (κ2) is 12.0. The van der Waals surface area contributed by atoms with E-state index in [2.05, 4.69) is 32.9 Å². The third-order valence-electron chi connectivity index (χ3n) is 4.47. The molecule has 1 saturated carbocycles. The van der Waals surface area contributed by atoms with Gasteiger partial charge in [0.1, 0.15) is 0 Å². The Labute approximate surface area is 148 Å². The van der Waals surface area contributed by atoms with Crippen molar-refractivity contribution in [3.63, 3.8) is 0 Å². The van der Waals surface area contributed by atoms with Gasteiger partial charge in [0.05, 0.1) is 19.1 Å². The van der Waals surface area contributed by atoms with E-state index >= 15 is 0 Å². The van der Waals surface area contributed by atoms with Crippen LogP contribution in [0.3, 0.4) is 0 Å². The third kappa shape index (κ3) is 8.47. The Morgan fingerprint density at radius 1 is 1.17 bits per heavy atom. The number of hydrogen-bond donors (Lipinski definition) is 0. The van der Waals surface area contributed by atoms with Gasteiger partial charge in [-0.3, -0.25) is 9.79 Å². The lowest BCUT2D eigenvalue weighted by molar-refractivity contribution is -0.145. The zero-order chi connectivity index (χ0) is 17.8. The molecule has 0 spiro atoms. The number of allylic oxidation sites excluding steroid dienone is 3. The van der Waals surface area contributed by atoms with Crippen LogP contribution in [0.1, 0.15) is 79.1 Å². The summed E-state index contributed by atoms with van der Waals surface area (Å²) in [6.07, 6.45) is 13.2. The topological polar surface area (TPSA) is 38.7 Å². The van der Waals surface area contributed by atoms with Crippen LogP contribution < -0.4 is 0 Å². The molecule has 136 valence electrons. The molecule has 1 unspecified atom stereocenters. The minimum atomic E-state index is -0.121. The maximum atomic E-state index is 12.3. The predicted molar refractivity (Wildman–Crippen MR) is 103 cm³/mol. The first-order chi connectivity index (χ1) is 11.5. The first-order valence-corrected chi connectivity index (χ1v) is 9.53. The van der Waals surface area contributed by atoms with Gasteiger partial charge in [-0.25, -0.2) is 0 Å². The van der Waals surface area contributed by atoms with E-state index in [1.165, 1.54) is 24.0 Å². The number of carbonyl (C=O) groups is 1. The van der Waals surface area contributed by atoms with Crippen LogP contribution in [0, 0.1) is 5.92 Å². The van der Waals surface area contributed by atoms with Crippen molar-refractivity contribution in [3.8, 4) is 0 Å². The number of carbonyl (C=O) groups excluding carboxylic acids is 1. The van der Waals surface area contributed by atoms with E-state index in [0.29, 0.717) is 13.2 Å². The number of rotatable bonds is 7. The lowest BCUT2D eigenvalue weighted by Crippen LogP contribution is -2.27. The summed E-state index contributed by atoms with van der Waals surface area (Å²) >= 11 is 0. The molecule has 0 amide bonds. The van der Waals surface area contributed by atoms with Gasteiger partial charge in [0, 0.05) is 5.71 Å². The normalized spacial score (nSPS) is 21.1. The SMILES string of the molecule is CCOC(=O)C1CCCCCCC1=NCC=C(C)CCC=C(C)C. The molecule has 1 aliphatic rings. The van der Waals surface area contributed by atoms with Crippen LogP contribution in [-0.2, 0) is 9.53 Å². The van der Waals surface area contributed by atoms with Crippen LogP contribution in [-0.4, -0.2) is 24.8 Å². The molecule has 0 aromatic rings. The largest absolute Gasteiger partial charge is 0.465 e. The molecule has 0 aromatic heterocycles. The third-order valence-corrected chi connectivity index (χ3v) is 4.47. The Hall–Kier alpha value is -1.38. The highest BCUT2D eigenvalue weighted by Crippen LogP contribution is 2.22. The molecule has 0 bridgehead atoms. The summed E-state index contributed by atoms with van der Waals surface area (Å²) in [6, 6.07) is 0. The Morgan fingerprint density at radius 3 is 2.62 bits per heavy atom. The first kappa shape index (κ1) is 20.7. The van der Waals surface area contributed by atoms with Crippen LogP contribution in [0.25, 0.3) is 0 Å². The molecule has 1 aliphatic carbocycles. The van der Waals surface area contributed by atoms with Crippen LogP contribution in [0.2, 0.25) is 0 Å². The van der Waals surface area contributed by atoms with E-state index in [1.54, 1.807) is 0 Å². The molecule has 0 aromatic carbocycles. The molecule has 0 radical (unpaired) electrons. The van der Waals surface area contributed by atoms with E-state index in [1.807, 2.05) is 6.92 Å². The number of nitrogens with zero attached hydrogens (tertiary/aromatic N) is 1. The van der Waals surface area contributed by atoms with Crippen molar-refractivity contribution >= 4 is 11.7 Å². The molecule has 1 rings (SSSR count). The molecule has 3 nitrogen and oxygen atoms in total. The Morgan fingerprint density at radius 2 is 1.92 bits per heavy atom. The maximum Gasteiger partial charge on any atom is 0.314 e. The van der Waals surface area contributed by atoms with Crippen LogP contribution in [0.5, 0.6) is 0 Å². The minimum Gasteiger partial charge on any atom is -0.465 e. The molecule has 0 N–H and O–H groups in total. The highest BCUT2D eigenvalue weighted by molar-refractivity contribution is 6.02. The van der Waals surface area contributed by atoms with Gasteiger partial charge < -0.3 is 4.74 Å². The lowest BCUT2D eigenvalue weighted by atomic mass is 9.89. The summed E-state index contributed by atoms with van der Waals surface area (Å²) in [7, 11) is 0. The van der Waals surface area contributed by atoms with E-state index < -0.39 is 0 Å². The van der Waals surface area contributed by atoms with E-state index in [4.69, 9.17) is 9.73 Å². The molecule has 1 fully saturated rings. The first-order valence-electron chi connectivity index (χ1n) is 9.53. The van der Waals surface area contributed by atoms with Gasteiger partial charge in [0.2, 0.25) is 0 Å². The fourth-order valence-electron chi connectivity index (χ4n) is 3.04. The zero-order valence-corrected chi connectivity index (χ0v) is 16.1. The number of esters is 1. The van der Waals surface area contributed by atoms with Gasteiger partial charge in [-0.2, -0.15) is 0 Å². The summed E-state index contributed by atoms with van der Waals surface area (Å²) in [4.78, 5) is 17.0. The molecule has 0 aliphatic heterocycles. The zero-order valence-electron chi connectivity index (χ0n) is 16.1. The fourth-order valence-corrected chi connectivity index (χ4v) is 3.04. The van der Waals surface area contributed by atoms with Crippen molar-refractivity contribution in [2.24, 2.45) is 10.9 Å². The van der Waals surface area contributed by atoms with Crippen molar-refractivity contribution in [2.75, 3.05) is 13.2 Å². The standard InChI is InChI=1S/C21H35NO2/c1-5-24-21(23)19-13-8-6-7-9-14-20(19)22-16-15-18(4)12-10-11-17(2)3/h11,15,19H,5-10,12-14,16H2,1-4H3. The number of ether oxygens (including phenoxy) is 1. The Balaban J connectivity index is 2.67. The quantitative estimate of drug-likeness (QED) is 0.446. The van der Waals surface area contributed by atoms with Gasteiger partial charge in [-0.05, 0) is 59.8 Å². The predicted octanol–water partition coefficient (Wildman–Crippen LogP) is 5.65. The maximum absolute atomic E-state index is 12.3. The van der Waals surface area contributed by atoms with Gasteiger partial charge in [-0.1, -0.05) is 42.6 Å². The van der Waals surface area contributed by atoms with E-state index in [0.717, 1.165) is 44.2 Å². The summed E-state index contributed by atoms with van der Waals surface area (Å²) in [5.74, 6) is -0.202. The molecular formula is C21H35NO2. The fraction of sp³-hybridized carbons (Fsp3) is 0.714. The highest BCUT2D eigenvalue weighted by Gasteiger charge is 2.26. The molecule has 3 heteroatoms. The summed E-state index contributed by atoms with van der Waals surface area (Å²) < 4.78 is 5.27. The molecular weight excluding hydrogens is 298 g/mol. The smallest absolute Gasteiger partial charge is 0.314 e. The Bertz CT molecular complexity index is 470. The van der Waals surface area contributed by atoms with Crippen molar-refractivity contribution in [1.82, 2.24) is 0 Å². The molecule has 1 atom stereocenters. The minimum absolute atomic E-state index is 0.0811. The van der Waals surface area contributed by atoms with E-state index in [9.17, 15) is 4.79 Å².